The van der Waals surface area contributed by atoms with E-state index in [1.165, 1.54) is 11.5 Å². The fourth-order valence-corrected chi connectivity index (χ4v) is 2.67. The number of methoxy groups -OCH3 is 1. The number of hydrogen-bond donors (Lipinski definition) is 1. The van der Waals surface area contributed by atoms with Crippen molar-refractivity contribution in [3.8, 4) is 0 Å². The lowest BCUT2D eigenvalue weighted by molar-refractivity contribution is -0.121. The summed E-state index contributed by atoms with van der Waals surface area (Å²) in [6.45, 7) is 5.33. The Labute approximate surface area is 111 Å². The Kier molecular flexibility index (Phi) is 4.13. The number of ether oxygens (including phenoxy) is 1. The fourth-order valence-electron chi connectivity index (χ4n) is 1.82. The maximum Gasteiger partial charge on any atom is 0.242 e. The lowest BCUT2D eigenvalue weighted by Gasteiger charge is -2.24. The van der Waals surface area contributed by atoms with Crippen molar-refractivity contribution in [2.24, 2.45) is 0 Å². The molecule has 1 fully saturated rings. The van der Waals surface area contributed by atoms with Crippen molar-refractivity contribution in [1.29, 1.82) is 0 Å². The van der Waals surface area contributed by atoms with Crippen LogP contribution in [0.25, 0.3) is 0 Å². The number of carbonyl (C=O) groups is 1. The van der Waals surface area contributed by atoms with E-state index in [1.807, 2.05) is 18.7 Å². The zero-order valence-corrected chi connectivity index (χ0v) is 11.7. The number of amides is 1. The molecule has 18 heavy (non-hydrogen) atoms. The lowest BCUT2D eigenvalue weighted by atomic mass is 10.3. The molecule has 100 valence electrons. The third-order valence-electron chi connectivity index (χ3n) is 3.12. The summed E-state index contributed by atoms with van der Waals surface area (Å²) < 4.78 is 9.48. The Hall–Kier alpha value is -1.21. The lowest BCUT2D eigenvalue weighted by Crippen LogP contribution is -2.42. The number of aromatic nitrogens is 2. The van der Waals surface area contributed by atoms with Crippen molar-refractivity contribution in [2.45, 2.75) is 32.4 Å². The van der Waals surface area contributed by atoms with Crippen LogP contribution in [-0.2, 0) is 9.53 Å². The van der Waals surface area contributed by atoms with Gasteiger partial charge in [-0.25, -0.2) is 4.98 Å². The molecule has 2 rings (SSSR count). The third-order valence-corrected chi connectivity index (χ3v) is 3.88. The van der Waals surface area contributed by atoms with Gasteiger partial charge < -0.3 is 15.0 Å². The van der Waals surface area contributed by atoms with E-state index in [0.29, 0.717) is 5.82 Å². The molecule has 0 radical (unpaired) electrons. The largest absolute Gasteiger partial charge is 0.374 e. The molecule has 1 aromatic heterocycles. The smallest absolute Gasteiger partial charge is 0.242 e. The second kappa shape index (κ2) is 5.62. The van der Waals surface area contributed by atoms with Gasteiger partial charge in [-0.1, -0.05) is 0 Å². The van der Waals surface area contributed by atoms with Crippen LogP contribution in [0.3, 0.4) is 0 Å². The molecule has 1 aliphatic heterocycles. The summed E-state index contributed by atoms with van der Waals surface area (Å²) in [6, 6.07) is -0.203. The van der Waals surface area contributed by atoms with Crippen LogP contribution in [0.15, 0.2) is 0 Å². The zero-order valence-electron chi connectivity index (χ0n) is 10.8. The molecule has 1 aromatic rings. The van der Waals surface area contributed by atoms with E-state index in [9.17, 15) is 4.79 Å². The summed E-state index contributed by atoms with van der Waals surface area (Å²) in [5, 5.41) is 3.68. The van der Waals surface area contributed by atoms with E-state index in [-0.39, 0.29) is 18.1 Å². The van der Waals surface area contributed by atoms with Gasteiger partial charge in [0.2, 0.25) is 11.0 Å². The molecule has 7 heteroatoms. The van der Waals surface area contributed by atoms with E-state index >= 15 is 0 Å². The molecular formula is C11H18N4O2S. The topological polar surface area (TPSA) is 67.3 Å². The number of hydrogen-bond acceptors (Lipinski definition) is 6. The second-order valence-electron chi connectivity index (χ2n) is 4.33. The Morgan fingerprint density at radius 3 is 3.11 bits per heavy atom. The molecule has 1 aliphatic rings. The van der Waals surface area contributed by atoms with Crippen molar-refractivity contribution in [3.63, 3.8) is 0 Å². The van der Waals surface area contributed by atoms with Gasteiger partial charge in [-0.3, -0.25) is 4.79 Å². The molecule has 1 amide bonds. The monoisotopic (exact) mass is 270 g/mol. The first-order valence-electron chi connectivity index (χ1n) is 6.04. The summed E-state index contributed by atoms with van der Waals surface area (Å²) in [6.07, 6.45) is 0.802. The Morgan fingerprint density at radius 2 is 2.39 bits per heavy atom. The van der Waals surface area contributed by atoms with Crippen LogP contribution >= 0.6 is 11.5 Å². The number of anilines is 1. The Morgan fingerprint density at radius 1 is 1.61 bits per heavy atom. The molecule has 2 unspecified atom stereocenters. The Bertz CT molecular complexity index is 423. The molecule has 6 nitrogen and oxygen atoms in total. The van der Waals surface area contributed by atoms with Gasteiger partial charge in [0, 0.05) is 31.7 Å². The highest BCUT2D eigenvalue weighted by Crippen LogP contribution is 2.24. The molecule has 0 aliphatic carbocycles. The van der Waals surface area contributed by atoms with Crippen LogP contribution in [0, 0.1) is 0 Å². The molecular weight excluding hydrogens is 252 g/mol. The molecule has 1 saturated heterocycles. The molecule has 2 heterocycles. The zero-order chi connectivity index (χ0) is 13.1. The predicted molar refractivity (Wildman–Crippen MR) is 69.8 cm³/mol. The van der Waals surface area contributed by atoms with Gasteiger partial charge in [-0.05, 0) is 20.3 Å². The average Bonchev–Trinajstić information content (AvgIpc) is 2.80. The summed E-state index contributed by atoms with van der Waals surface area (Å²) in [5.74, 6) is 0.721. The first-order valence-corrected chi connectivity index (χ1v) is 6.81. The van der Waals surface area contributed by atoms with Crippen LogP contribution in [0.4, 0.5) is 5.13 Å². The molecule has 0 aromatic carbocycles. The minimum absolute atomic E-state index is 0.0454. The summed E-state index contributed by atoms with van der Waals surface area (Å²) in [4.78, 5) is 18.2. The first kappa shape index (κ1) is 13.2. The van der Waals surface area contributed by atoms with Crippen LogP contribution in [-0.4, -0.2) is 41.5 Å². The molecule has 1 N–H and O–H groups in total. The molecule has 0 bridgehead atoms. The number of nitrogens with zero attached hydrogens (tertiary/aromatic N) is 3. The SMILES string of the molecule is COC(C)c1nsc(N2CCCNC(=O)C2C)n1. The number of nitrogens with one attached hydrogen (secondary N) is 1. The van der Waals surface area contributed by atoms with E-state index in [1.54, 1.807) is 7.11 Å². The Balaban J connectivity index is 2.18. The summed E-state index contributed by atoms with van der Waals surface area (Å²) >= 11 is 1.32. The van der Waals surface area contributed by atoms with Gasteiger partial charge >= 0.3 is 0 Å². The maximum absolute atomic E-state index is 11.8. The average molecular weight is 270 g/mol. The second-order valence-corrected chi connectivity index (χ2v) is 5.06. The maximum atomic E-state index is 11.8. The normalized spacial score (nSPS) is 22.5. The van der Waals surface area contributed by atoms with Gasteiger partial charge in [0.25, 0.3) is 0 Å². The van der Waals surface area contributed by atoms with E-state index < -0.39 is 0 Å². The minimum Gasteiger partial charge on any atom is -0.374 e. The van der Waals surface area contributed by atoms with Crippen LogP contribution in [0.1, 0.15) is 32.2 Å². The number of carbonyl (C=O) groups excluding carboxylic acids is 1. The minimum atomic E-state index is -0.203. The van der Waals surface area contributed by atoms with Crippen molar-refractivity contribution < 1.29 is 9.53 Å². The quantitative estimate of drug-likeness (QED) is 0.886. The van der Waals surface area contributed by atoms with E-state index in [2.05, 4.69) is 14.7 Å². The van der Waals surface area contributed by atoms with E-state index in [0.717, 1.165) is 24.6 Å². The highest BCUT2D eigenvalue weighted by atomic mass is 32.1. The van der Waals surface area contributed by atoms with Crippen LogP contribution in [0.5, 0.6) is 0 Å². The summed E-state index contributed by atoms with van der Waals surface area (Å²) in [7, 11) is 1.63. The van der Waals surface area contributed by atoms with Gasteiger partial charge in [0.15, 0.2) is 5.82 Å². The van der Waals surface area contributed by atoms with Gasteiger partial charge in [-0.2, -0.15) is 4.37 Å². The first-order chi connectivity index (χ1) is 8.63. The van der Waals surface area contributed by atoms with Crippen molar-refractivity contribution >= 4 is 22.6 Å². The highest BCUT2D eigenvalue weighted by Gasteiger charge is 2.27. The van der Waals surface area contributed by atoms with Crippen LogP contribution < -0.4 is 10.2 Å². The summed E-state index contributed by atoms with van der Waals surface area (Å²) in [5.41, 5.74) is 0. The predicted octanol–water partition coefficient (Wildman–Crippen LogP) is 0.960. The van der Waals surface area contributed by atoms with Gasteiger partial charge in [0.05, 0.1) is 0 Å². The van der Waals surface area contributed by atoms with Crippen LogP contribution in [0.2, 0.25) is 0 Å². The highest BCUT2D eigenvalue weighted by molar-refractivity contribution is 7.09. The van der Waals surface area contributed by atoms with E-state index in [4.69, 9.17) is 4.74 Å². The number of rotatable bonds is 3. The van der Waals surface area contributed by atoms with Gasteiger partial charge in [0.1, 0.15) is 12.1 Å². The fraction of sp³-hybridized carbons (Fsp3) is 0.727. The van der Waals surface area contributed by atoms with Crippen molar-refractivity contribution in [3.05, 3.63) is 5.82 Å². The van der Waals surface area contributed by atoms with Crippen molar-refractivity contribution in [1.82, 2.24) is 14.7 Å². The standard InChI is InChI=1S/C11H18N4O2S/c1-7-10(16)12-5-4-6-15(7)11-13-9(14-18-11)8(2)17-3/h7-8H,4-6H2,1-3H3,(H,12,16). The van der Waals surface area contributed by atoms with Crippen molar-refractivity contribution in [2.75, 3.05) is 25.1 Å². The third kappa shape index (κ3) is 2.62. The molecule has 0 spiro atoms. The molecule has 0 saturated carbocycles. The molecule has 2 atom stereocenters. The van der Waals surface area contributed by atoms with Gasteiger partial charge in [-0.15, -0.1) is 0 Å².